The van der Waals surface area contributed by atoms with Crippen LogP contribution in [0.25, 0.3) is 5.57 Å². The lowest BCUT2D eigenvalue weighted by Gasteiger charge is -2.24. The minimum atomic E-state index is -0.628. The zero-order valence-electron chi connectivity index (χ0n) is 18.2. The molecule has 0 bridgehead atoms. The first-order valence-corrected chi connectivity index (χ1v) is 11.4. The number of carbonyl (C=O) groups excluding carboxylic acids is 2. The highest BCUT2D eigenvalue weighted by molar-refractivity contribution is 7.13. The van der Waals surface area contributed by atoms with Crippen molar-refractivity contribution in [3.05, 3.63) is 74.0 Å². The first kappa shape index (κ1) is 23.3. The molecule has 0 spiro atoms. The highest BCUT2D eigenvalue weighted by Crippen LogP contribution is 2.47. The molecule has 2 aromatic rings. The lowest BCUT2D eigenvalue weighted by atomic mass is 9.93. The van der Waals surface area contributed by atoms with E-state index in [1.807, 2.05) is 31.2 Å². The average molecular weight is 459 g/mol. The van der Waals surface area contributed by atoms with Crippen LogP contribution in [0.3, 0.4) is 0 Å². The molecule has 2 amide bonds. The second kappa shape index (κ2) is 9.81. The van der Waals surface area contributed by atoms with Gasteiger partial charge in [0.1, 0.15) is 6.10 Å². The van der Waals surface area contributed by atoms with Gasteiger partial charge in [-0.2, -0.15) is 0 Å². The minimum absolute atomic E-state index is 0.0900. The number of carbonyl (C=O) groups is 2. The van der Waals surface area contributed by atoms with E-state index in [0.29, 0.717) is 22.7 Å². The van der Waals surface area contributed by atoms with Crippen LogP contribution in [0.15, 0.2) is 42.5 Å². The molecule has 0 radical (unpaired) electrons. The number of benzene rings is 1. The summed E-state index contributed by atoms with van der Waals surface area (Å²) in [4.78, 5) is 26.9. The Kier molecular flexibility index (Phi) is 7.36. The third-order valence-electron chi connectivity index (χ3n) is 5.41. The summed E-state index contributed by atoms with van der Waals surface area (Å²) in [6, 6.07) is 7.52. The number of ether oxygens (including phenoxy) is 1. The quantitative estimate of drug-likeness (QED) is 0.637. The van der Waals surface area contributed by atoms with Crippen LogP contribution < -0.4 is 10.6 Å². The van der Waals surface area contributed by atoms with Gasteiger partial charge < -0.3 is 15.4 Å². The zero-order valence-corrected chi connectivity index (χ0v) is 19.7. The van der Waals surface area contributed by atoms with Crippen LogP contribution in [0.1, 0.15) is 45.9 Å². The SMILES string of the molecule is C=C1/C(=C\C(=O)NC)[C@@H](CC(=O)NCC)OC(c2ccc(Cl)cc2)c2c1sc(C)c2C. The number of amides is 2. The van der Waals surface area contributed by atoms with Gasteiger partial charge in [0.2, 0.25) is 11.8 Å². The average Bonchev–Trinajstić information content (AvgIpc) is 2.98. The van der Waals surface area contributed by atoms with Gasteiger partial charge in [0.05, 0.1) is 12.5 Å². The number of thiophene rings is 1. The third-order valence-corrected chi connectivity index (χ3v) is 6.95. The molecule has 0 aliphatic carbocycles. The molecule has 7 heteroatoms. The van der Waals surface area contributed by atoms with E-state index >= 15 is 0 Å². The van der Waals surface area contributed by atoms with Gasteiger partial charge in [-0.05, 0) is 55.2 Å². The van der Waals surface area contributed by atoms with Crippen molar-refractivity contribution in [2.45, 2.75) is 39.4 Å². The standard InChI is InChI=1S/C24H27ClN2O3S/c1-6-27-21(29)12-19-18(11-20(28)26-5)14(3)24-22(13(2)15(4)31-24)23(30-19)16-7-9-17(25)10-8-16/h7-11,19,23H,3,6,12H2,1-2,4-5H3,(H,26,28)(H,27,29)/b18-11+/t19-,23?/m1/s1. The van der Waals surface area contributed by atoms with Gasteiger partial charge in [0.15, 0.2) is 0 Å². The lowest BCUT2D eigenvalue weighted by molar-refractivity contribution is -0.124. The van der Waals surface area contributed by atoms with E-state index in [0.717, 1.165) is 26.4 Å². The number of likely N-dealkylation sites (N-methyl/N-ethyl adjacent to an activating group) is 1. The number of hydrogen-bond acceptors (Lipinski definition) is 4. The minimum Gasteiger partial charge on any atom is -0.360 e. The predicted octanol–water partition coefficient (Wildman–Crippen LogP) is 4.72. The molecule has 2 N–H and O–H groups in total. The molecule has 1 aromatic carbocycles. The number of halogens is 1. The predicted molar refractivity (Wildman–Crippen MR) is 126 cm³/mol. The Labute approximate surface area is 192 Å². The highest BCUT2D eigenvalue weighted by atomic mass is 35.5. The Morgan fingerprint density at radius 2 is 1.94 bits per heavy atom. The topological polar surface area (TPSA) is 67.4 Å². The monoisotopic (exact) mass is 458 g/mol. The van der Waals surface area contributed by atoms with E-state index in [-0.39, 0.29) is 18.2 Å². The van der Waals surface area contributed by atoms with Gasteiger partial charge in [-0.1, -0.05) is 30.3 Å². The molecule has 0 saturated carbocycles. The maximum atomic E-state index is 12.5. The molecule has 5 nitrogen and oxygen atoms in total. The smallest absolute Gasteiger partial charge is 0.244 e. The van der Waals surface area contributed by atoms with Gasteiger partial charge in [0, 0.05) is 40.0 Å². The van der Waals surface area contributed by atoms with Crippen LogP contribution in [0, 0.1) is 13.8 Å². The van der Waals surface area contributed by atoms with Crippen molar-refractivity contribution in [1.82, 2.24) is 10.6 Å². The van der Waals surface area contributed by atoms with Gasteiger partial charge >= 0.3 is 0 Å². The summed E-state index contributed by atoms with van der Waals surface area (Å²) >= 11 is 7.74. The van der Waals surface area contributed by atoms with Crippen molar-refractivity contribution in [2.75, 3.05) is 13.6 Å². The van der Waals surface area contributed by atoms with Gasteiger partial charge in [0.25, 0.3) is 0 Å². The Morgan fingerprint density at radius 1 is 1.26 bits per heavy atom. The molecule has 1 aliphatic heterocycles. The van der Waals surface area contributed by atoms with Crippen LogP contribution in [0.5, 0.6) is 0 Å². The molecule has 1 aromatic heterocycles. The van der Waals surface area contributed by atoms with Gasteiger partial charge in [-0.25, -0.2) is 0 Å². The molecule has 0 fully saturated rings. The van der Waals surface area contributed by atoms with Gasteiger partial charge in [-0.3, -0.25) is 9.59 Å². The molecular weight excluding hydrogens is 432 g/mol. The van der Waals surface area contributed by atoms with E-state index in [2.05, 4.69) is 31.1 Å². The molecule has 1 unspecified atom stereocenters. The Hall–Kier alpha value is -2.41. The first-order valence-electron chi connectivity index (χ1n) is 10.2. The summed E-state index contributed by atoms with van der Waals surface area (Å²) in [6.45, 7) is 10.8. The third kappa shape index (κ3) is 4.92. The highest BCUT2D eigenvalue weighted by Gasteiger charge is 2.35. The van der Waals surface area contributed by atoms with Crippen molar-refractivity contribution < 1.29 is 14.3 Å². The summed E-state index contributed by atoms with van der Waals surface area (Å²) in [7, 11) is 1.57. The van der Waals surface area contributed by atoms with Crippen molar-refractivity contribution in [1.29, 1.82) is 0 Å². The normalized spacial score (nSPS) is 19.6. The second-order valence-corrected chi connectivity index (χ2v) is 9.09. The Bertz CT molecular complexity index is 1040. The van der Waals surface area contributed by atoms with Crippen LogP contribution in [-0.2, 0) is 14.3 Å². The molecule has 2 atom stereocenters. The summed E-state index contributed by atoms with van der Waals surface area (Å²) < 4.78 is 6.60. The van der Waals surface area contributed by atoms with Crippen LogP contribution in [0.4, 0.5) is 0 Å². The fraction of sp³-hybridized carbons (Fsp3) is 0.333. The van der Waals surface area contributed by atoms with Crippen molar-refractivity contribution in [3.8, 4) is 0 Å². The molecule has 164 valence electrons. The summed E-state index contributed by atoms with van der Waals surface area (Å²) in [5, 5.41) is 6.08. The van der Waals surface area contributed by atoms with E-state index in [9.17, 15) is 9.59 Å². The van der Waals surface area contributed by atoms with Crippen LogP contribution in [-0.4, -0.2) is 31.5 Å². The van der Waals surface area contributed by atoms with Gasteiger partial charge in [-0.15, -0.1) is 11.3 Å². The first-order chi connectivity index (χ1) is 14.8. The largest absolute Gasteiger partial charge is 0.360 e. The molecule has 1 aliphatic rings. The Balaban J connectivity index is 2.19. The lowest BCUT2D eigenvalue weighted by Crippen LogP contribution is -2.30. The zero-order chi connectivity index (χ0) is 22.7. The Morgan fingerprint density at radius 3 is 2.55 bits per heavy atom. The summed E-state index contributed by atoms with van der Waals surface area (Å²) in [6.07, 6.45) is 0.539. The maximum Gasteiger partial charge on any atom is 0.244 e. The number of hydrogen-bond donors (Lipinski definition) is 2. The molecule has 31 heavy (non-hydrogen) atoms. The number of nitrogens with one attached hydrogen (secondary N) is 2. The second-order valence-electron chi connectivity index (χ2n) is 7.43. The maximum absolute atomic E-state index is 12.5. The summed E-state index contributed by atoms with van der Waals surface area (Å²) in [5.41, 5.74) is 4.41. The number of fused-ring (bicyclic) bond motifs is 1. The number of aryl methyl sites for hydroxylation is 1. The molecule has 0 saturated heterocycles. The van der Waals surface area contributed by atoms with E-state index < -0.39 is 12.2 Å². The summed E-state index contributed by atoms with van der Waals surface area (Å²) in [5.74, 6) is -0.409. The fourth-order valence-electron chi connectivity index (χ4n) is 3.69. The van der Waals surface area contributed by atoms with Crippen LogP contribution in [0.2, 0.25) is 5.02 Å². The van der Waals surface area contributed by atoms with Crippen LogP contribution >= 0.6 is 22.9 Å². The van der Waals surface area contributed by atoms with E-state index in [1.54, 1.807) is 18.4 Å². The van der Waals surface area contributed by atoms with E-state index in [4.69, 9.17) is 16.3 Å². The van der Waals surface area contributed by atoms with Crippen molar-refractivity contribution >= 4 is 40.3 Å². The molecular formula is C24H27ClN2O3S. The molecule has 2 heterocycles. The van der Waals surface area contributed by atoms with Crippen molar-refractivity contribution in [3.63, 3.8) is 0 Å². The molecule has 3 rings (SSSR count). The number of rotatable bonds is 5. The fourth-order valence-corrected chi connectivity index (χ4v) is 4.99. The van der Waals surface area contributed by atoms with Crippen molar-refractivity contribution in [2.24, 2.45) is 0 Å². The van der Waals surface area contributed by atoms with E-state index in [1.165, 1.54) is 6.08 Å².